The van der Waals surface area contributed by atoms with Gasteiger partial charge in [0.1, 0.15) is 24.2 Å². The molecule has 0 aliphatic rings. The van der Waals surface area contributed by atoms with Crippen LogP contribution in [-0.2, 0) is 4.74 Å². The van der Waals surface area contributed by atoms with Gasteiger partial charge in [-0.25, -0.2) is 9.59 Å². The molecule has 0 bridgehead atoms. The highest BCUT2D eigenvalue weighted by molar-refractivity contribution is 5.91. The predicted octanol–water partition coefficient (Wildman–Crippen LogP) is 2.30. The maximum absolute atomic E-state index is 12.1. The first kappa shape index (κ1) is 19.4. The lowest BCUT2D eigenvalue weighted by molar-refractivity contribution is 0.00925. The summed E-state index contributed by atoms with van der Waals surface area (Å²) >= 11 is 0. The lowest BCUT2D eigenvalue weighted by Gasteiger charge is -2.12. The highest BCUT2D eigenvalue weighted by Crippen LogP contribution is 2.26. The van der Waals surface area contributed by atoms with E-state index in [0.29, 0.717) is 22.6 Å². The van der Waals surface area contributed by atoms with E-state index in [-0.39, 0.29) is 17.7 Å². The summed E-state index contributed by atoms with van der Waals surface area (Å²) in [6, 6.07) is 9.47. The average molecular weight is 360 g/mol. The number of carboxylic acids is 1. The van der Waals surface area contributed by atoms with Gasteiger partial charge in [-0.3, -0.25) is 0 Å². The molecule has 0 saturated carbocycles. The van der Waals surface area contributed by atoms with Crippen LogP contribution < -0.4 is 4.74 Å². The number of esters is 1. The number of benzene rings is 2. The topological polar surface area (TPSA) is 113 Å². The molecule has 0 aliphatic carbocycles. The second-order valence-corrected chi connectivity index (χ2v) is 5.80. The van der Waals surface area contributed by atoms with Crippen LogP contribution >= 0.6 is 0 Å². The number of carbonyl (C=O) groups excluding carboxylic acids is 1. The van der Waals surface area contributed by atoms with Gasteiger partial charge in [-0.2, -0.15) is 0 Å². The van der Waals surface area contributed by atoms with Crippen molar-refractivity contribution in [2.75, 3.05) is 13.2 Å². The zero-order chi connectivity index (χ0) is 19.3. The summed E-state index contributed by atoms with van der Waals surface area (Å²) in [5, 5.41) is 27.2. The minimum absolute atomic E-state index is 0.132. The zero-order valence-electron chi connectivity index (χ0n) is 14.4. The standard InChI is InChI=1S/C19H20O7/c1-11-3-5-14(7-16(11)18(22)23)26-15-6-4-12(2)17(8-15)19(24)25-10-13(21)9-20/h3-8,13,20-21H,9-10H2,1-2H3,(H,22,23). The van der Waals surface area contributed by atoms with E-state index in [1.807, 2.05) is 0 Å². The molecule has 26 heavy (non-hydrogen) atoms. The molecule has 0 aliphatic heterocycles. The first-order chi connectivity index (χ1) is 12.3. The second kappa shape index (κ2) is 8.46. The predicted molar refractivity (Wildman–Crippen MR) is 92.8 cm³/mol. The van der Waals surface area contributed by atoms with Crippen molar-refractivity contribution in [1.82, 2.24) is 0 Å². The molecule has 0 fully saturated rings. The third kappa shape index (κ3) is 4.81. The molecule has 0 saturated heterocycles. The monoisotopic (exact) mass is 360 g/mol. The van der Waals surface area contributed by atoms with Crippen LogP contribution in [0.2, 0.25) is 0 Å². The van der Waals surface area contributed by atoms with Crippen LogP contribution in [-0.4, -0.2) is 46.6 Å². The van der Waals surface area contributed by atoms with Gasteiger partial charge in [0.2, 0.25) is 0 Å². The Balaban J connectivity index is 2.20. The molecule has 7 nitrogen and oxygen atoms in total. The van der Waals surface area contributed by atoms with Gasteiger partial charge in [-0.15, -0.1) is 0 Å². The minimum atomic E-state index is -1.14. The highest BCUT2D eigenvalue weighted by atomic mass is 16.5. The Morgan fingerprint density at radius 2 is 1.54 bits per heavy atom. The van der Waals surface area contributed by atoms with E-state index in [1.54, 1.807) is 38.1 Å². The molecule has 2 aromatic carbocycles. The Hall–Kier alpha value is -2.90. The quantitative estimate of drug-likeness (QED) is 0.649. The van der Waals surface area contributed by atoms with Gasteiger partial charge in [-0.05, 0) is 49.2 Å². The van der Waals surface area contributed by atoms with Crippen LogP contribution in [0.15, 0.2) is 36.4 Å². The number of aromatic carboxylic acids is 1. The van der Waals surface area contributed by atoms with Crippen LogP contribution in [0.3, 0.4) is 0 Å². The van der Waals surface area contributed by atoms with Crippen molar-refractivity contribution in [1.29, 1.82) is 0 Å². The number of aliphatic hydroxyl groups is 2. The lowest BCUT2D eigenvalue weighted by Crippen LogP contribution is -2.22. The van der Waals surface area contributed by atoms with E-state index < -0.39 is 24.6 Å². The van der Waals surface area contributed by atoms with Gasteiger partial charge in [0.15, 0.2) is 0 Å². The molecule has 0 radical (unpaired) electrons. The largest absolute Gasteiger partial charge is 0.478 e. The SMILES string of the molecule is Cc1ccc(Oc2ccc(C)c(C(=O)OCC(O)CO)c2)cc1C(=O)O. The van der Waals surface area contributed by atoms with Gasteiger partial charge in [0.25, 0.3) is 0 Å². The van der Waals surface area contributed by atoms with Crippen molar-refractivity contribution >= 4 is 11.9 Å². The molecule has 0 aromatic heterocycles. The molecule has 1 unspecified atom stereocenters. The number of rotatable bonds is 7. The first-order valence-corrected chi connectivity index (χ1v) is 7.90. The maximum atomic E-state index is 12.1. The second-order valence-electron chi connectivity index (χ2n) is 5.80. The Morgan fingerprint density at radius 1 is 1.00 bits per heavy atom. The number of carboxylic acid groups (broad SMARTS) is 1. The molecule has 0 heterocycles. The maximum Gasteiger partial charge on any atom is 0.338 e. The number of aliphatic hydroxyl groups excluding tert-OH is 2. The van der Waals surface area contributed by atoms with Crippen LogP contribution in [0, 0.1) is 13.8 Å². The molecule has 2 aromatic rings. The summed E-state index contributed by atoms with van der Waals surface area (Å²) < 4.78 is 10.6. The molecule has 3 N–H and O–H groups in total. The summed E-state index contributed by atoms with van der Waals surface area (Å²) in [7, 11) is 0. The van der Waals surface area contributed by atoms with E-state index in [2.05, 4.69) is 0 Å². The number of carbonyl (C=O) groups is 2. The van der Waals surface area contributed by atoms with Crippen LogP contribution in [0.4, 0.5) is 0 Å². The van der Waals surface area contributed by atoms with E-state index in [9.17, 15) is 19.8 Å². The molecule has 138 valence electrons. The third-order valence-electron chi connectivity index (χ3n) is 3.72. The van der Waals surface area contributed by atoms with Crippen molar-refractivity contribution in [2.24, 2.45) is 0 Å². The Kier molecular flexibility index (Phi) is 6.32. The fourth-order valence-corrected chi connectivity index (χ4v) is 2.22. The summed E-state index contributed by atoms with van der Waals surface area (Å²) in [6.07, 6.45) is -1.14. The number of aryl methyl sites for hydroxylation is 2. The Labute approximate surface area is 150 Å². The fraction of sp³-hybridized carbons (Fsp3) is 0.263. The summed E-state index contributed by atoms with van der Waals surface area (Å²) in [6.45, 7) is 2.58. The fourth-order valence-electron chi connectivity index (χ4n) is 2.22. The van der Waals surface area contributed by atoms with Crippen LogP contribution in [0.25, 0.3) is 0 Å². The summed E-state index contributed by atoms with van der Waals surface area (Å²) in [4.78, 5) is 23.3. The highest BCUT2D eigenvalue weighted by Gasteiger charge is 2.15. The van der Waals surface area contributed by atoms with E-state index >= 15 is 0 Å². The van der Waals surface area contributed by atoms with Crippen molar-refractivity contribution in [2.45, 2.75) is 20.0 Å². The first-order valence-electron chi connectivity index (χ1n) is 7.90. The van der Waals surface area contributed by atoms with Crippen molar-refractivity contribution < 1.29 is 34.4 Å². The minimum Gasteiger partial charge on any atom is -0.478 e. The zero-order valence-corrected chi connectivity index (χ0v) is 14.4. The normalized spacial score (nSPS) is 11.7. The number of hydrogen-bond donors (Lipinski definition) is 3. The van der Waals surface area contributed by atoms with Gasteiger partial charge >= 0.3 is 11.9 Å². The lowest BCUT2D eigenvalue weighted by atomic mass is 10.1. The molecule has 7 heteroatoms. The van der Waals surface area contributed by atoms with Crippen molar-refractivity contribution in [3.8, 4) is 11.5 Å². The van der Waals surface area contributed by atoms with Gasteiger partial charge in [0, 0.05) is 0 Å². The molecule has 2 rings (SSSR count). The average Bonchev–Trinajstić information content (AvgIpc) is 2.62. The summed E-state index contributed by atoms with van der Waals surface area (Å²) in [5.74, 6) is -1.04. The van der Waals surface area contributed by atoms with E-state index in [4.69, 9.17) is 14.6 Å². The molecular formula is C19H20O7. The van der Waals surface area contributed by atoms with Crippen LogP contribution in [0.1, 0.15) is 31.8 Å². The Morgan fingerprint density at radius 3 is 2.08 bits per heavy atom. The van der Waals surface area contributed by atoms with Gasteiger partial charge < -0.3 is 24.8 Å². The summed E-state index contributed by atoms with van der Waals surface area (Å²) in [5.41, 5.74) is 1.64. The molecule has 1 atom stereocenters. The Bertz CT molecular complexity index is 814. The van der Waals surface area contributed by atoms with E-state index in [1.165, 1.54) is 12.1 Å². The van der Waals surface area contributed by atoms with Crippen molar-refractivity contribution in [3.63, 3.8) is 0 Å². The molecule has 0 spiro atoms. The van der Waals surface area contributed by atoms with E-state index in [0.717, 1.165) is 0 Å². The van der Waals surface area contributed by atoms with Gasteiger partial charge in [-0.1, -0.05) is 12.1 Å². The van der Waals surface area contributed by atoms with Gasteiger partial charge in [0.05, 0.1) is 17.7 Å². The third-order valence-corrected chi connectivity index (χ3v) is 3.72. The number of ether oxygens (including phenoxy) is 2. The number of hydrogen-bond acceptors (Lipinski definition) is 6. The van der Waals surface area contributed by atoms with Crippen LogP contribution in [0.5, 0.6) is 11.5 Å². The van der Waals surface area contributed by atoms with Crippen molar-refractivity contribution in [3.05, 3.63) is 58.7 Å². The smallest absolute Gasteiger partial charge is 0.338 e. The molecular weight excluding hydrogens is 340 g/mol. The molecule has 0 amide bonds.